The van der Waals surface area contributed by atoms with Gasteiger partial charge in [0.2, 0.25) is 0 Å². The van der Waals surface area contributed by atoms with Gasteiger partial charge in [-0.1, -0.05) is 0 Å². The molecular weight excluding hydrogens is 166 g/mol. The number of ether oxygens (including phenoxy) is 1. The van der Waals surface area contributed by atoms with Gasteiger partial charge in [0, 0.05) is 5.54 Å². The second-order valence-corrected chi connectivity index (χ2v) is 3.58. The molecule has 0 saturated carbocycles. The van der Waals surface area contributed by atoms with Crippen molar-refractivity contribution in [2.45, 2.75) is 26.3 Å². The van der Waals surface area contributed by atoms with Gasteiger partial charge in [0.1, 0.15) is 6.61 Å². The fraction of sp³-hybridized carbons (Fsp3) is 0.857. The van der Waals surface area contributed by atoms with Gasteiger partial charge in [-0.3, -0.25) is 0 Å². The average Bonchev–Trinajstić information content (AvgIpc) is 1.79. The zero-order valence-electron chi connectivity index (χ0n) is 7.11. The van der Waals surface area contributed by atoms with E-state index in [2.05, 4.69) is 10.1 Å². The van der Waals surface area contributed by atoms with Crippen molar-refractivity contribution in [1.29, 1.82) is 0 Å². The summed E-state index contributed by atoms with van der Waals surface area (Å²) >= 11 is 5.31. The lowest BCUT2D eigenvalue weighted by Crippen LogP contribution is -2.41. The first-order valence-corrected chi connectivity index (χ1v) is 4.00. The number of hydrogen-bond acceptors (Lipinski definition) is 2. The van der Waals surface area contributed by atoms with Gasteiger partial charge in [-0.25, -0.2) is 4.79 Å². The van der Waals surface area contributed by atoms with Crippen LogP contribution < -0.4 is 5.32 Å². The molecule has 3 nitrogen and oxygen atoms in total. The fourth-order valence-electron chi connectivity index (χ4n) is 0.474. The summed E-state index contributed by atoms with van der Waals surface area (Å²) in [6.07, 6.45) is -0.418. The number of alkyl halides is 1. The molecule has 0 saturated heterocycles. The standard InChI is InChI=1S/C7H14ClNO2/c1-7(2,3)9-6(10)11-5-4-8/h4-5H2,1-3H3,(H,9,10). The van der Waals surface area contributed by atoms with Gasteiger partial charge in [0.05, 0.1) is 5.88 Å². The first kappa shape index (κ1) is 10.6. The quantitative estimate of drug-likeness (QED) is 0.656. The average molecular weight is 180 g/mol. The Bertz CT molecular complexity index is 131. The number of alkyl carbamates (subject to hydrolysis) is 1. The summed E-state index contributed by atoms with van der Waals surface area (Å²) in [5.41, 5.74) is -0.247. The molecule has 0 unspecified atom stereocenters. The van der Waals surface area contributed by atoms with E-state index in [0.29, 0.717) is 5.88 Å². The highest BCUT2D eigenvalue weighted by atomic mass is 35.5. The third-order valence-electron chi connectivity index (χ3n) is 0.787. The summed E-state index contributed by atoms with van der Waals surface area (Å²) in [6.45, 7) is 5.91. The minimum atomic E-state index is -0.418. The van der Waals surface area contributed by atoms with Crippen LogP contribution in [0.2, 0.25) is 0 Å². The molecule has 1 N–H and O–H groups in total. The van der Waals surface area contributed by atoms with Gasteiger partial charge in [-0.15, -0.1) is 11.6 Å². The minimum absolute atomic E-state index is 0.247. The maximum absolute atomic E-state index is 10.8. The van der Waals surface area contributed by atoms with Crippen molar-refractivity contribution in [1.82, 2.24) is 5.32 Å². The van der Waals surface area contributed by atoms with Crippen LogP contribution in [-0.4, -0.2) is 24.1 Å². The predicted molar refractivity (Wildman–Crippen MR) is 45.0 cm³/mol. The molecule has 0 fully saturated rings. The van der Waals surface area contributed by atoms with Crippen LogP contribution in [-0.2, 0) is 4.74 Å². The van der Waals surface area contributed by atoms with E-state index < -0.39 is 6.09 Å². The molecule has 0 bridgehead atoms. The second kappa shape index (κ2) is 4.44. The van der Waals surface area contributed by atoms with E-state index >= 15 is 0 Å². The van der Waals surface area contributed by atoms with E-state index in [0.717, 1.165) is 0 Å². The van der Waals surface area contributed by atoms with Crippen LogP contribution in [0.4, 0.5) is 4.79 Å². The lowest BCUT2D eigenvalue weighted by atomic mass is 10.1. The maximum atomic E-state index is 10.8. The van der Waals surface area contributed by atoms with E-state index in [1.807, 2.05) is 20.8 Å². The Morgan fingerprint density at radius 3 is 2.45 bits per heavy atom. The van der Waals surface area contributed by atoms with E-state index in [1.165, 1.54) is 0 Å². The Morgan fingerprint density at radius 2 is 2.09 bits per heavy atom. The molecule has 0 spiro atoms. The molecular formula is C7H14ClNO2. The third-order valence-corrected chi connectivity index (χ3v) is 0.942. The molecule has 0 heterocycles. The molecule has 1 amide bonds. The highest BCUT2D eigenvalue weighted by molar-refractivity contribution is 6.18. The van der Waals surface area contributed by atoms with Crippen LogP contribution in [0.5, 0.6) is 0 Å². The number of hydrogen-bond donors (Lipinski definition) is 1. The lowest BCUT2D eigenvalue weighted by Gasteiger charge is -2.19. The number of halogens is 1. The number of carbonyl (C=O) groups excluding carboxylic acids is 1. The van der Waals surface area contributed by atoms with Crippen molar-refractivity contribution in [3.8, 4) is 0 Å². The highest BCUT2D eigenvalue weighted by Crippen LogP contribution is 1.98. The summed E-state index contributed by atoms with van der Waals surface area (Å²) in [5.74, 6) is 0.331. The molecule has 11 heavy (non-hydrogen) atoms. The number of rotatable bonds is 2. The van der Waals surface area contributed by atoms with Gasteiger partial charge < -0.3 is 10.1 Å². The molecule has 0 rings (SSSR count). The largest absolute Gasteiger partial charge is 0.448 e. The first-order chi connectivity index (χ1) is 4.95. The van der Waals surface area contributed by atoms with Crippen molar-refractivity contribution in [2.75, 3.05) is 12.5 Å². The Kier molecular flexibility index (Phi) is 4.26. The van der Waals surface area contributed by atoms with Gasteiger partial charge in [-0.2, -0.15) is 0 Å². The number of nitrogens with one attached hydrogen (secondary N) is 1. The highest BCUT2D eigenvalue weighted by Gasteiger charge is 2.13. The molecule has 0 radical (unpaired) electrons. The first-order valence-electron chi connectivity index (χ1n) is 3.46. The van der Waals surface area contributed by atoms with Crippen molar-refractivity contribution in [2.24, 2.45) is 0 Å². The molecule has 4 heteroatoms. The van der Waals surface area contributed by atoms with E-state index in [-0.39, 0.29) is 12.1 Å². The van der Waals surface area contributed by atoms with Crippen LogP contribution in [0.3, 0.4) is 0 Å². The normalized spacial score (nSPS) is 10.9. The second-order valence-electron chi connectivity index (χ2n) is 3.20. The summed E-state index contributed by atoms with van der Waals surface area (Å²) in [7, 11) is 0. The monoisotopic (exact) mass is 179 g/mol. The molecule has 0 aromatic carbocycles. The van der Waals surface area contributed by atoms with Crippen LogP contribution in [0.15, 0.2) is 0 Å². The Labute approximate surface area is 72.1 Å². The van der Waals surface area contributed by atoms with E-state index in [9.17, 15) is 4.79 Å². The van der Waals surface area contributed by atoms with Crippen molar-refractivity contribution >= 4 is 17.7 Å². The molecule has 66 valence electrons. The zero-order valence-corrected chi connectivity index (χ0v) is 7.86. The van der Waals surface area contributed by atoms with Crippen molar-refractivity contribution in [3.05, 3.63) is 0 Å². The van der Waals surface area contributed by atoms with Crippen molar-refractivity contribution in [3.63, 3.8) is 0 Å². The van der Waals surface area contributed by atoms with Crippen LogP contribution in [0, 0.1) is 0 Å². The fourth-order valence-corrected chi connectivity index (χ4v) is 0.551. The molecule has 0 aliphatic carbocycles. The maximum Gasteiger partial charge on any atom is 0.407 e. The van der Waals surface area contributed by atoms with Crippen LogP contribution in [0.25, 0.3) is 0 Å². The van der Waals surface area contributed by atoms with Gasteiger partial charge >= 0.3 is 6.09 Å². The third kappa shape index (κ3) is 7.46. The number of carbonyl (C=O) groups is 1. The smallest absolute Gasteiger partial charge is 0.407 e. The molecule has 0 aromatic heterocycles. The van der Waals surface area contributed by atoms with Crippen LogP contribution >= 0.6 is 11.6 Å². The summed E-state index contributed by atoms with van der Waals surface area (Å²) < 4.78 is 4.69. The summed E-state index contributed by atoms with van der Waals surface area (Å²) in [4.78, 5) is 10.8. The SMILES string of the molecule is CC(C)(C)NC(=O)OCCCl. The van der Waals surface area contributed by atoms with Crippen LogP contribution in [0.1, 0.15) is 20.8 Å². The Morgan fingerprint density at radius 1 is 1.55 bits per heavy atom. The topological polar surface area (TPSA) is 38.3 Å². The summed E-state index contributed by atoms with van der Waals surface area (Å²) in [6, 6.07) is 0. The van der Waals surface area contributed by atoms with Gasteiger partial charge in [0.15, 0.2) is 0 Å². The molecule has 0 atom stereocenters. The van der Waals surface area contributed by atoms with E-state index in [1.54, 1.807) is 0 Å². The lowest BCUT2D eigenvalue weighted by molar-refractivity contribution is 0.144. The predicted octanol–water partition coefficient (Wildman–Crippen LogP) is 1.75. The van der Waals surface area contributed by atoms with Gasteiger partial charge in [0.25, 0.3) is 0 Å². The van der Waals surface area contributed by atoms with Crippen molar-refractivity contribution < 1.29 is 9.53 Å². The molecule has 0 aliphatic rings. The van der Waals surface area contributed by atoms with E-state index in [4.69, 9.17) is 11.6 Å². The summed E-state index contributed by atoms with van der Waals surface area (Å²) in [5, 5.41) is 2.63. The zero-order chi connectivity index (χ0) is 8.91. The minimum Gasteiger partial charge on any atom is -0.448 e. The number of amides is 1. The van der Waals surface area contributed by atoms with Gasteiger partial charge in [-0.05, 0) is 20.8 Å². The Balaban J connectivity index is 3.53. The molecule has 0 aliphatic heterocycles. The molecule has 0 aromatic rings. The Hall–Kier alpha value is -0.440.